The molecule has 0 spiro atoms. The van der Waals surface area contributed by atoms with Crippen LogP contribution >= 0.6 is 0 Å². The molecule has 0 unspecified atom stereocenters. The second-order valence-electron chi connectivity index (χ2n) is 6.93. The molecular formula is C25H21N3O2. The standard InChI is InChI=1S/C25H21N3O2/c1-28-25(30)22(24(29)26-17-18-11-5-2-6-12-18)21(19-13-7-3-8-14-19)23(27-28)20-15-9-4-10-16-20/h2-16H,17H2,1H3,(H,26,29). The lowest BCUT2D eigenvalue weighted by Crippen LogP contribution is -2.34. The number of carbonyl (C=O) groups is 1. The van der Waals surface area contributed by atoms with E-state index in [1.165, 1.54) is 4.68 Å². The van der Waals surface area contributed by atoms with E-state index in [-0.39, 0.29) is 5.56 Å². The highest BCUT2D eigenvalue weighted by Crippen LogP contribution is 2.31. The van der Waals surface area contributed by atoms with Crippen LogP contribution in [0.3, 0.4) is 0 Å². The minimum atomic E-state index is -0.431. The Bertz CT molecular complexity index is 1220. The molecule has 0 bridgehead atoms. The van der Waals surface area contributed by atoms with Gasteiger partial charge in [-0.15, -0.1) is 0 Å². The molecule has 0 saturated carbocycles. The van der Waals surface area contributed by atoms with Crippen molar-refractivity contribution in [1.29, 1.82) is 0 Å². The van der Waals surface area contributed by atoms with Gasteiger partial charge >= 0.3 is 0 Å². The Morgan fingerprint density at radius 2 is 1.37 bits per heavy atom. The fourth-order valence-corrected chi connectivity index (χ4v) is 3.39. The summed E-state index contributed by atoms with van der Waals surface area (Å²) in [5.41, 5.74) is 3.36. The lowest BCUT2D eigenvalue weighted by molar-refractivity contribution is 0.0949. The van der Waals surface area contributed by atoms with E-state index < -0.39 is 11.5 Å². The number of hydrogen-bond acceptors (Lipinski definition) is 3. The van der Waals surface area contributed by atoms with Crippen LogP contribution in [0.4, 0.5) is 0 Å². The van der Waals surface area contributed by atoms with Crippen molar-refractivity contribution in [3.8, 4) is 22.4 Å². The average molecular weight is 395 g/mol. The summed E-state index contributed by atoms with van der Waals surface area (Å²) >= 11 is 0. The van der Waals surface area contributed by atoms with Gasteiger partial charge in [0.2, 0.25) is 0 Å². The van der Waals surface area contributed by atoms with Crippen molar-refractivity contribution >= 4 is 5.91 Å². The zero-order chi connectivity index (χ0) is 20.9. The Balaban J connectivity index is 1.87. The van der Waals surface area contributed by atoms with Crippen LogP contribution in [0.1, 0.15) is 15.9 Å². The normalized spacial score (nSPS) is 10.6. The number of benzene rings is 3. The predicted octanol–water partition coefficient (Wildman–Crippen LogP) is 4.04. The van der Waals surface area contributed by atoms with Crippen LogP contribution in [-0.2, 0) is 13.6 Å². The third-order valence-corrected chi connectivity index (χ3v) is 4.88. The lowest BCUT2D eigenvalue weighted by Gasteiger charge is -2.16. The van der Waals surface area contributed by atoms with Gasteiger partial charge in [0.05, 0.1) is 5.69 Å². The van der Waals surface area contributed by atoms with E-state index in [4.69, 9.17) is 0 Å². The Morgan fingerprint density at radius 3 is 1.97 bits per heavy atom. The molecule has 4 aromatic rings. The van der Waals surface area contributed by atoms with Crippen molar-refractivity contribution in [2.75, 3.05) is 0 Å². The molecule has 3 aromatic carbocycles. The molecule has 4 rings (SSSR count). The van der Waals surface area contributed by atoms with Crippen LogP contribution in [0.2, 0.25) is 0 Å². The SMILES string of the molecule is Cn1nc(-c2ccccc2)c(-c2ccccc2)c(C(=O)NCc2ccccc2)c1=O. The number of carbonyl (C=O) groups excluding carboxylic acids is 1. The van der Waals surface area contributed by atoms with Gasteiger partial charge < -0.3 is 5.32 Å². The second-order valence-corrected chi connectivity index (χ2v) is 6.93. The third-order valence-electron chi connectivity index (χ3n) is 4.88. The van der Waals surface area contributed by atoms with Crippen LogP contribution in [-0.4, -0.2) is 15.7 Å². The van der Waals surface area contributed by atoms with Gasteiger partial charge in [-0.3, -0.25) is 9.59 Å². The van der Waals surface area contributed by atoms with Gasteiger partial charge in [0.15, 0.2) is 0 Å². The van der Waals surface area contributed by atoms with Gasteiger partial charge in [-0.1, -0.05) is 91.0 Å². The fraction of sp³-hybridized carbons (Fsp3) is 0.0800. The van der Waals surface area contributed by atoms with Crippen LogP contribution in [0.5, 0.6) is 0 Å². The van der Waals surface area contributed by atoms with Gasteiger partial charge in [-0.2, -0.15) is 5.10 Å². The van der Waals surface area contributed by atoms with Gasteiger partial charge in [0.1, 0.15) is 5.56 Å². The summed E-state index contributed by atoms with van der Waals surface area (Å²) in [5, 5.41) is 7.40. The van der Waals surface area contributed by atoms with Gasteiger partial charge in [0, 0.05) is 24.7 Å². The summed E-state index contributed by atoms with van der Waals surface area (Å²) in [4.78, 5) is 26.3. The fourth-order valence-electron chi connectivity index (χ4n) is 3.39. The lowest BCUT2D eigenvalue weighted by atomic mass is 9.95. The molecule has 0 aliphatic heterocycles. The van der Waals surface area contributed by atoms with E-state index in [2.05, 4.69) is 10.4 Å². The maximum atomic E-state index is 13.2. The zero-order valence-corrected chi connectivity index (χ0v) is 16.6. The molecule has 5 heteroatoms. The number of nitrogens with zero attached hydrogens (tertiary/aromatic N) is 2. The van der Waals surface area contributed by atoms with Crippen LogP contribution < -0.4 is 10.9 Å². The van der Waals surface area contributed by atoms with E-state index in [1.807, 2.05) is 91.0 Å². The van der Waals surface area contributed by atoms with Crippen molar-refractivity contribution in [3.63, 3.8) is 0 Å². The molecule has 0 aliphatic rings. The molecule has 148 valence electrons. The van der Waals surface area contributed by atoms with Gasteiger partial charge in [-0.05, 0) is 11.1 Å². The molecule has 0 radical (unpaired) electrons. The number of rotatable bonds is 5. The van der Waals surface area contributed by atoms with Gasteiger partial charge in [-0.25, -0.2) is 4.68 Å². The summed E-state index contributed by atoms with van der Waals surface area (Å²) in [6.45, 7) is 0.333. The first-order chi connectivity index (χ1) is 14.6. The smallest absolute Gasteiger partial charge is 0.280 e. The Hall–Kier alpha value is -3.99. The highest BCUT2D eigenvalue weighted by Gasteiger charge is 2.24. The van der Waals surface area contributed by atoms with E-state index >= 15 is 0 Å². The van der Waals surface area contributed by atoms with E-state index in [0.717, 1.165) is 16.7 Å². The van der Waals surface area contributed by atoms with Crippen LogP contribution in [0.25, 0.3) is 22.4 Å². The zero-order valence-electron chi connectivity index (χ0n) is 16.6. The highest BCUT2D eigenvalue weighted by atomic mass is 16.2. The summed E-state index contributed by atoms with van der Waals surface area (Å²) in [5.74, 6) is -0.419. The molecular weight excluding hydrogens is 374 g/mol. The van der Waals surface area contributed by atoms with Crippen molar-refractivity contribution in [2.24, 2.45) is 7.05 Å². The summed E-state index contributed by atoms with van der Waals surface area (Å²) in [7, 11) is 1.57. The first kappa shape index (κ1) is 19.3. The maximum absolute atomic E-state index is 13.2. The molecule has 0 atom stereocenters. The summed E-state index contributed by atoms with van der Waals surface area (Å²) in [6.07, 6.45) is 0. The maximum Gasteiger partial charge on any atom is 0.280 e. The first-order valence-electron chi connectivity index (χ1n) is 9.69. The quantitative estimate of drug-likeness (QED) is 0.555. The summed E-state index contributed by atoms with van der Waals surface area (Å²) in [6, 6.07) is 28.6. The largest absolute Gasteiger partial charge is 0.348 e. The van der Waals surface area contributed by atoms with E-state index in [9.17, 15) is 9.59 Å². The van der Waals surface area contributed by atoms with Crippen molar-refractivity contribution in [1.82, 2.24) is 15.1 Å². The predicted molar refractivity (Wildman–Crippen MR) is 118 cm³/mol. The van der Waals surface area contributed by atoms with Gasteiger partial charge in [0.25, 0.3) is 11.5 Å². The Morgan fingerprint density at radius 1 is 0.833 bits per heavy atom. The number of aromatic nitrogens is 2. The molecule has 0 fully saturated rings. The Kier molecular flexibility index (Phi) is 5.52. The molecule has 1 heterocycles. The molecule has 0 aliphatic carbocycles. The highest BCUT2D eigenvalue weighted by molar-refractivity contribution is 6.03. The van der Waals surface area contributed by atoms with Crippen molar-refractivity contribution in [2.45, 2.75) is 6.54 Å². The Labute approximate surface area is 174 Å². The first-order valence-corrected chi connectivity index (χ1v) is 9.69. The number of amides is 1. The molecule has 0 saturated heterocycles. The molecule has 1 aromatic heterocycles. The topological polar surface area (TPSA) is 64.0 Å². The van der Waals surface area contributed by atoms with E-state index in [1.54, 1.807) is 7.05 Å². The van der Waals surface area contributed by atoms with Crippen molar-refractivity contribution in [3.05, 3.63) is 112 Å². The summed E-state index contributed by atoms with van der Waals surface area (Å²) < 4.78 is 1.23. The molecule has 5 nitrogen and oxygen atoms in total. The van der Waals surface area contributed by atoms with Crippen LogP contribution in [0.15, 0.2) is 95.8 Å². The second kappa shape index (κ2) is 8.57. The molecule has 1 N–H and O–H groups in total. The number of nitrogens with one attached hydrogen (secondary N) is 1. The number of aryl methyl sites for hydroxylation is 1. The minimum absolute atomic E-state index is 0.0912. The van der Waals surface area contributed by atoms with Crippen molar-refractivity contribution < 1.29 is 4.79 Å². The third kappa shape index (κ3) is 3.91. The average Bonchev–Trinajstić information content (AvgIpc) is 2.80. The van der Waals surface area contributed by atoms with Crippen LogP contribution in [0, 0.1) is 0 Å². The number of hydrogen-bond donors (Lipinski definition) is 1. The monoisotopic (exact) mass is 395 g/mol. The molecule has 30 heavy (non-hydrogen) atoms. The molecule has 1 amide bonds. The van der Waals surface area contributed by atoms with E-state index in [0.29, 0.717) is 17.8 Å². The minimum Gasteiger partial charge on any atom is -0.348 e.